The Kier molecular flexibility index (Phi) is 3.49. The summed E-state index contributed by atoms with van der Waals surface area (Å²) < 4.78 is 7.24. The zero-order valence-electron chi connectivity index (χ0n) is 12.3. The molecule has 2 aromatic rings. The van der Waals surface area contributed by atoms with Crippen LogP contribution in [0.1, 0.15) is 34.8 Å². The molecule has 1 aliphatic rings. The van der Waals surface area contributed by atoms with Crippen molar-refractivity contribution in [1.82, 2.24) is 15.1 Å². The second kappa shape index (κ2) is 5.29. The van der Waals surface area contributed by atoms with Crippen molar-refractivity contribution in [2.24, 2.45) is 7.05 Å². The number of methoxy groups -OCH3 is 1. The molecule has 0 unspecified atom stereocenters. The van der Waals surface area contributed by atoms with Crippen molar-refractivity contribution in [3.05, 3.63) is 46.6 Å². The lowest BCUT2D eigenvalue weighted by Crippen LogP contribution is -2.19. The molecule has 0 aliphatic heterocycles. The molecule has 20 heavy (non-hydrogen) atoms. The summed E-state index contributed by atoms with van der Waals surface area (Å²) in [4.78, 5) is 0. The van der Waals surface area contributed by atoms with E-state index in [-0.39, 0.29) is 0 Å². The highest BCUT2D eigenvalue weighted by Crippen LogP contribution is 2.31. The number of aromatic nitrogens is 2. The van der Waals surface area contributed by atoms with E-state index in [9.17, 15) is 0 Å². The van der Waals surface area contributed by atoms with Crippen molar-refractivity contribution >= 4 is 0 Å². The van der Waals surface area contributed by atoms with Gasteiger partial charge in [-0.2, -0.15) is 5.10 Å². The van der Waals surface area contributed by atoms with Crippen LogP contribution in [0.15, 0.2) is 24.3 Å². The predicted molar refractivity (Wildman–Crippen MR) is 78.8 cm³/mol. The summed E-state index contributed by atoms with van der Waals surface area (Å²) in [6.45, 7) is 2.82. The molecule has 0 radical (unpaired) electrons. The number of fused-ring (bicyclic) bond motifs is 1. The fraction of sp³-hybridized carbons (Fsp3) is 0.438. The molecule has 1 atom stereocenters. The zero-order valence-corrected chi connectivity index (χ0v) is 12.3. The van der Waals surface area contributed by atoms with E-state index >= 15 is 0 Å². The van der Waals surface area contributed by atoms with Crippen LogP contribution in [0, 0.1) is 6.92 Å². The summed E-state index contributed by atoms with van der Waals surface area (Å²) in [7, 11) is 3.62. The molecule has 0 amide bonds. The van der Waals surface area contributed by atoms with Gasteiger partial charge in [0.25, 0.3) is 0 Å². The molecule has 0 spiro atoms. The first-order valence-corrected chi connectivity index (χ1v) is 7.08. The molecule has 1 heterocycles. The average Bonchev–Trinajstić information content (AvgIpc) is 2.97. The van der Waals surface area contributed by atoms with Gasteiger partial charge in [-0.05, 0) is 30.9 Å². The second-order valence-electron chi connectivity index (χ2n) is 5.37. The van der Waals surface area contributed by atoms with Gasteiger partial charge in [-0.25, -0.2) is 4.68 Å². The Morgan fingerprint density at radius 2 is 2.20 bits per heavy atom. The average molecular weight is 271 g/mol. The first-order valence-electron chi connectivity index (χ1n) is 7.08. The Morgan fingerprint density at radius 3 is 3.00 bits per heavy atom. The van der Waals surface area contributed by atoms with Gasteiger partial charge in [-0.1, -0.05) is 24.3 Å². The van der Waals surface area contributed by atoms with Gasteiger partial charge in [-0.3, -0.25) is 0 Å². The van der Waals surface area contributed by atoms with Crippen LogP contribution in [0.25, 0.3) is 0 Å². The standard InChI is InChI=1S/C16H21N3O/c1-11-14(16(20-3)19(2)18-11)10-17-15-9-8-12-6-4-5-7-13(12)15/h4-7,15,17H,8-10H2,1-3H3/t15-/m1/s1. The summed E-state index contributed by atoms with van der Waals surface area (Å²) >= 11 is 0. The molecule has 3 rings (SSSR count). The van der Waals surface area contributed by atoms with Crippen LogP contribution in [0.2, 0.25) is 0 Å². The molecule has 1 aliphatic carbocycles. The van der Waals surface area contributed by atoms with E-state index in [1.165, 1.54) is 17.5 Å². The topological polar surface area (TPSA) is 39.1 Å². The van der Waals surface area contributed by atoms with E-state index in [2.05, 4.69) is 34.7 Å². The number of nitrogens with one attached hydrogen (secondary N) is 1. The minimum absolute atomic E-state index is 0.440. The van der Waals surface area contributed by atoms with Crippen molar-refractivity contribution in [3.63, 3.8) is 0 Å². The first kappa shape index (κ1) is 13.2. The molecule has 4 heteroatoms. The number of ether oxygens (including phenoxy) is 1. The fourth-order valence-electron chi connectivity index (χ4n) is 3.13. The summed E-state index contributed by atoms with van der Waals surface area (Å²) in [6, 6.07) is 9.14. The molecule has 0 saturated carbocycles. The number of benzene rings is 1. The van der Waals surface area contributed by atoms with Crippen LogP contribution in [0.4, 0.5) is 0 Å². The monoisotopic (exact) mass is 271 g/mol. The normalized spacial score (nSPS) is 17.2. The zero-order chi connectivity index (χ0) is 14.1. The summed E-state index contributed by atoms with van der Waals surface area (Å²) in [5, 5.41) is 8.07. The van der Waals surface area contributed by atoms with Crippen molar-refractivity contribution in [1.29, 1.82) is 0 Å². The lowest BCUT2D eigenvalue weighted by atomic mass is 10.1. The van der Waals surface area contributed by atoms with E-state index in [0.717, 1.165) is 30.1 Å². The van der Waals surface area contributed by atoms with Crippen LogP contribution in [-0.4, -0.2) is 16.9 Å². The highest BCUT2D eigenvalue weighted by molar-refractivity contribution is 5.35. The van der Waals surface area contributed by atoms with Crippen LogP contribution in [0.3, 0.4) is 0 Å². The van der Waals surface area contributed by atoms with Crippen LogP contribution in [-0.2, 0) is 20.0 Å². The molecule has 1 aromatic carbocycles. The van der Waals surface area contributed by atoms with E-state index in [4.69, 9.17) is 4.74 Å². The van der Waals surface area contributed by atoms with E-state index in [1.807, 2.05) is 14.0 Å². The fourth-order valence-corrected chi connectivity index (χ4v) is 3.13. The van der Waals surface area contributed by atoms with Gasteiger partial charge in [0.2, 0.25) is 5.88 Å². The third-order valence-corrected chi connectivity index (χ3v) is 4.14. The van der Waals surface area contributed by atoms with E-state index < -0.39 is 0 Å². The maximum atomic E-state index is 5.44. The predicted octanol–water partition coefficient (Wildman–Crippen LogP) is 2.51. The van der Waals surface area contributed by atoms with Gasteiger partial charge in [0.05, 0.1) is 18.4 Å². The lowest BCUT2D eigenvalue weighted by Gasteiger charge is -2.14. The van der Waals surface area contributed by atoms with Gasteiger partial charge in [0.1, 0.15) is 0 Å². The maximum absolute atomic E-state index is 5.44. The molecule has 0 saturated heterocycles. The molecular formula is C16H21N3O. The maximum Gasteiger partial charge on any atom is 0.216 e. The summed E-state index contributed by atoms with van der Waals surface area (Å²) in [6.07, 6.45) is 2.33. The quantitative estimate of drug-likeness (QED) is 0.928. The van der Waals surface area contributed by atoms with Crippen molar-refractivity contribution in [3.8, 4) is 5.88 Å². The molecule has 4 nitrogen and oxygen atoms in total. The molecular weight excluding hydrogens is 250 g/mol. The lowest BCUT2D eigenvalue weighted by molar-refractivity contribution is 0.366. The van der Waals surface area contributed by atoms with E-state index in [0.29, 0.717) is 6.04 Å². The second-order valence-corrected chi connectivity index (χ2v) is 5.37. The van der Waals surface area contributed by atoms with Crippen molar-refractivity contribution in [2.75, 3.05) is 7.11 Å². The smallest absolute Gasteiger partial charge is 0.216 e. The van der Waals surface area contributed by atoms with Crippen LogP contribution in [0.5, 0.6) is 5.88 Å². The Bertz CT molecular complexity index is 618. The largest absolute Gasteiger partial charge is 0.481 e. The number of hydrogen-bond acceptors (Lipinski definition) is 3. The number of aryl methyl sites for hydroxylation is 3. The highest BCUT2D eigenvalue weighted by Gasteiger charge is 2.22. The minimum Gasteiger partial charge on any atom is -0.481 e. The first-order chi connectivity index (χ1) is 9.70. The number of nitrogens with zero attached hydrogens (tertiary/aromatic N) is 2. The Morgan fingerprint density at radius 1 is 1.40 bits per heavy atom. The Labute approximate surface area is 119 Å². The summed E-state index contributed by atoms with van der Waals surface area (Å²) in [5.41, 5.74) is 5.09. The van der Waals surface area contributed by atoms with Crippen molar-refractivity contribution in [2.45, 2.75) is 32.4 Å². The van der Waals surface area contributed by atoms with Gasteiger partial charge in [-0.15, -0.1) is 0 Å². The third kappa shape index (κ3) is 2.20. The van der Waals surface area contributed by atoms with Gasteiger partial charge in [0.15, 0.2) is 0 Å². The Balaban J connectivity index is 1.75. The minimum atomic E-state index is 0.440. The molecule has 0 fully saturated rings. The van der Waals surface area contributed by atoms with Gasteiger partial charge in [0, 0.05) is 19.6 Å². The number of hydrogen-bond donors (Lipinski definition) is 1. The SMILES string of the molecule is COc1c(CN[C@@H]2CCc3ccccc32)c(C)nn1C. The third-order valence-electron chi connectivity index (χ3n) is 4.14. The van der Waals surface area contributed by atoms with Gasteiger partial charge < -0.3 is 10.1 Å². The Hall–Kier alpha value is -1.81. The van der Waals surface area contributed by atoms with E-state index in [1.54, 1.807) is 11.8 Å². The van der Waals surface area contributed by atoms with Gasteiger partial charge >= 0.3 is 0 Å². The molecule has 106 valence electrons. The van der Waals surface area contributed by atoms with Crippen LogP contribution >= 0.6 is 0 Å². The summed E-state index contributed by atoms with van der Waals surface area (Å²) in [5.74, 6) is 0.848. The molecule has 1 N–H and O–H groups in total. The van der Waals surface area contributed by atoms with Crippen molar-refractivity contribution < 1.29 is 4.74 Å². The highest BCUT2D eigenvalue weighted by atomic mass is 16.5. The van der Waals surface area contributed by atoms with Crippen LogP contribution < -0.4 is 10.1 Å². The molecule has 0 bridgehead atoms. The molecule has 1 aromatic heterocycles. The number of rotatable bonds is 4.